The fourth-order valence-corrected chi connectivity index (χ4v) is 2.87. The van der Waals surface area contributed by atoms with Gasteiger partial charge in [-0.15, -0.1) is 11.3 Å². The summed E-state index contributed by atoms with van der Waals surface area (Å²) in [5, 5.41) is 3.05. The van der Waals surface area contributed by atoms with Gasteiger partial charge < -0.3 is 4.74 Å². The van der Waals surface area contributed by atoms with E-state index < -0.39 is 0 Å². The lowest BCUT2D eigenvalue weighted by Gasteiger charge is -2.21. The van der Waals surface area contributed by atoms with Gasteiger partial charge in [-0.2, -0.15) is 0 Å². The van der Waals surface area contributed by atoms with Crippen molar-refractivity contribution in [3.8, 4) is 0 Å². The highest BCUT2D eigenvalue weighted by Gasteiger charge is 2.35. The van der Waals surface area contributed by atoms with E-state index in [0.717, 1.165) is 18.2 Å². The molecule has 0 saturated carbocycles. The minimum Gasteiger partial charge on any atom is -0.366 e. The summed E-state index contributed by atoms with van der Waals surface area (Å²) in [6, 6.07) is 4.25. The number of halogens is 1. The van der Waals surface area contributed by atoms with Gasteiger partial charge in [-0.25, -0.2) is 0 Å². The molecule has 2 unspecified atom stereocenters. The van der Waals surface area contributed by atoms with E-state index in [1.807, 2.05) is 0 Å². The number of hydrogen-bond donors (Lipinski definition) is 0. The van der Waals surface area contributed by atoms with E-state index in [2.05, 4.69) is 40.4 Å². The van der Waals surface area contributed by atoms with Gasteiger partial charge in [0.15, 0.2) is 0 Å². The maximum Gasteiger partial charge on any atom is 0.0925 e. The molecule has 0 aromatic carbocycles. The van der Waals surface area contributed by atoms with Crippen molar-refractivity contribution in [2.24, 2.45) is 0 Å². The molecule has 1 aliphatic heterocycles. The largest absolute Gasteiger partial charge is 0.366 e. The molecule has 0 radical (unpaired) electrons. The highest BCUT2D eigenvalue weighted by atomic mass is 79.9. The Kier molecular flexibility index (Phi) is 2.77. The molecule has 1 saturated heterocycles. The predicted molar refractivity (Wildman–Crippen MR) is 59.6 cm³/mol. The van der Waals surface area contributed by atoms with Gasteiger partial charge in [0, 0.05) is 10.2 Å². The summed E-state index contributed by atoms with van der Waals surface area (Å²) in [5.41, 5.74) is 0.0503. The average molecular weight is 261 g/mol. The summed E-state index contributed by atoms with van der Waals surface area (Å²) in [6.07, 6.45) is 2.64. The van der Waals surface area contributed by atoms with E-state index in [9.17, 15) is 0 Å². The molecule has 0 bridgehead atoms. The maximum atomic E-state index is 6.01. The first-order valence-electron chi connectivity index (χ1n) is 4.51. The zero-order chi connectivity index (χ0) is 9.31. The summed E-state index contributed by atoms with van der Waals surface area (Å²) in [4.78, 5) is 1.37. The summed E-state index contributed by atoms with van der Waals surface area (Å²) >= 11 is 5.29. The topological polar surface area (TPSA) is 9.23 Å². The standard InChI is InChI=1S/C10H13BrOS/c1-10(7-11)5-4-8(12-10)9-3-2-6-13-9/h2-3,6,8H,4-5,7H2,1H3. The van der Waals surface area contributed by atoms with Crippen LogP contribution in [0.4, 0.5) is 0 Å². The third kappa shape index (κ3) is 1.97. The van der Waals surface area contributed by atoms with Crippen LogP contribution in [0.2, 0.25) is 0 Å². The van der Waals surface area contributed by atoms with Gasteiger partial charge in [0.1, 0.15) is 0 Å². The second kappa shape index (κ2) is 3.71. The molecule has 1 aromatic heterocycles. The molecule has 1 fully saturated rings. The Morgan fingerprint density at radius 2 is 2.62 bits per heavy atom. The van der Waals surface area contributed by atoms with Gasteiger partial charge in [-0.1, -0.05) is 22.0 Å². The first-order chi connectivity index (χ1) is 6.23. The van der Waals surface area contributed by atoms with Crippen LogP contribution in [-0.4, -0.2) is 10.9 Å². The van der Waals surface area contributed by atoms with Crippen LogP contribution < -0.4 is 0 Å². The van der Waals surface area contributed by atoms with E-state index in [0.29, 0.717) is 6.10 Å². The van der Waals surface area contributed by atoms with Crippen LogP contribution in [0.5, 0.6) is 0 Å². The highest BCUT2D eigenvalue weighted by Crippen LogP contribution is 2.41. The molecule has 2 heterocycles. The van der Waals surface area contributed by atoms with E-state index in [4.69, 9.17) is 4.74 Å². The summed E-state index contributed by atoms with van der Waals surface area (Å²) < 4.78 is 6.01. The Hall–Kier alpha value is 0.140. The Labute approximate surface area is 91.2 Å². The molecule has 1 nitrogen and oxygen atoms in total. The fourth-order valence-electron chi connectivity index (χ4n) is 1.67. The van der Waals surface area contributed by atoms with Crippen LogP contribution in [0, 0.1) is 0 Å². The molecular formula is C10H13BrOS. The molecule has 72 valence electrons. The van der Waals surface area contributed by atoms with Crippen molar-refractivity contribution in [1.29, 1.82) is 0 Å². The van der Waals surface area contributed by atoms with Crippen molar-refractivity contribution in [2.45, 2.75) is 31.5 Å². The van der Waals surface area contributed by atoms with Crippen molar-refractivity contribution in [3.05, 3.63) is 22.4 Å². The summed E-state index contributed by atoms with van der Waals surface area (Å²) in [6.45, 7) is 2.18. The Morgan fingerprint density at radius 3 is 3.15 bits per heavy atom. The van der Waals surface area contributed by atoms with Gasteiger partial charge in [0.2, 0.25) is 0 Å². The minimum atomic E-state index is 0.0503. The van der Waals surface area contributed by atoms with Crippen LogP contribution in [0.15, 0.2) is 17.5 Å². The molecule has 3 heteroatoms. The zero-order valence-corrected chi connectivity index (χ0v) is 10.0. The van der Waals surface area contributed by atoms with E-state index in [1.54, 1.807) is 11.3 Å². The van der Waals surface area contributed by atoms with Crippen molar-refractivity contribution in [2.75, 3.05) is 5.33 Å². The van der Waals surface area contributed by atoms with E-state index in [1.165, 1.54) is 4.88 Å². The molecule has 0 aliphatic carbocycles. The molecule has 13 heavy (non-hydrogen) atoms. The Bertz CT molecular complexity index is 272. The first kappa shape index (κ1) is 9.69. The van der Waals surface area contributed by atoms with Gasteiger partial charge in [-0.3, -0.25) is 0 Å². The summed E-state index contributed by atoms with van der Waals surface area (Å²) in [5.74, 6) is 0. The molecule has 0 N–H and O–H groups in total. The molecule has 2 atom stereocenters. The van der Waals surface area contributed by atoms with E-state index in [-0.39, 0.29) is 5.60 Å². The summed E-state index contributed by atoms with van der Waals surface area (Å²) in [7, 11) is 0. The Morgan fingerprint density at radius 1 is 1.77 bits per heavy atom. The highest BCUT2D eigenvalue weighted by molar-refractivity contribution is 9.09. The van der Waals surface area contributed by atoms with Gasteiger partial charge in [-0.05, 0) is 31.2 Å². The molecule has 0 amide bonds. The minimum absolute atomic E-state index is 0.0503. The van der Waals surface area contributed by atoms with Crippen LogP contribution in [0.25, 0.3) is 0 Å². The normalized spacial score (nSPS) is 33.8. The third-order valence-electron chi connectivity index (χ3n) is 2.51. The van der Waals surface area contributed by atoms with E-state index >= 15 is 0 Å². The second-order valence-electron chi connectivity index (χ2n) is 3.74. The van der Waals surface area contributed by atoms with Gasteiger partial charge >= 0.3 is 0 Å². The monoisotopic (exact) mass is 260 g/mol. The van der Waals surface area contributed by atoms with Crippen LogP contribution in [0.1, 0.15) is 30.7 Å². The number of alkyl halides is 1. The number of rotatable bonds is 2. The third-order valence-corrected chi connectivity index (χ3v) is 4.66. The SMILES string of the molecule is CC1(CBr)CCC(c2cccs2)O1. The number of thiophene rings is 1. The number of hydrogen-bond acceptors (Lipinski definition) is 2. The van der Waals surface area contributed by atoms with Crippen molar-refractivity contribution in [1.82, 2.24) is 0 Å². The lowest BCUT2D eigenvalue weighted by molar-refractivity contribution is -0.0105. The Balaban J connectivity index is 2.07. The molecule has 1 aromatic rings. The van der Waals surface area contributed by atoms with Crippen LogP contribution in [-0.2, 0) is 4.74 Å². The molecule has 2 rings (SSSR count). The van der Waals surface area contributed by atoms with Crippen LogP contribution >= 0.6 is 27.3 Å². The maximum absolute atomic E-state index is 6.01. The lowest BCUT2D eigenvalue weighted by atomic mass is 10.1. The van der Waals surface area contributed by atoms with Crippen molar-refractivity contribution in [3.63, 3.8) is 0 Å². The lowest BCUT2D eigenvalue weighted by Crippen LogP contribution is -2.24. The molecule has 1 aliphatic rings. The average Bonchev–Trinajstić information content (AvgIpc) is 2.73. The predicted octanol–water partition coefficient (Wildman–Crippen LogP) is 3.75. The van der Waals surface area contributed by atoms with Crippen LogP contribution in [0.3, 0.4) is 0 Å². The van der Waals surface area contributed by atoms with Crippen molar-refractivity contribution < 1.29 is 4.74 Å². The quantitative estimate of drug-likeness (QED) is 0.737. The number of ether oxygens (including phenoxy) is 1. The molecule has 0 spiro atoms. The van der Waals surface area contributed by atoms with Gasteiger partial charge in [0.25, 0.3) is 0 Å². The second-order valence-corrected chi connectivity index (χ2v) is 5.28. The smallest absolute Gasteiger partial charge is 0.0925 e. The molecular weight excluding hydrogens is 248 g/mol. The van der Waals surface area contributed by atoms with Crippen molar-refractivity contribution >= 4 is 27.3 Å². The fraction of sp³-hybridized carbons (Fsp3) is 0.600. The zero-order valence-electron chi connectivity index (χ0n) is 7.63. The van der Waals surface area contributed by atoms with Gasteiger partial charge in [0.05, 0.1) is 11.7 Å². The first-order valence-corrected chi connectivity index (χ1v) is 6.51.